The third kappa shape index (κ3) is 1.37. The van der Waals surface area contributed by atoms with Crippen molar-refractivity contribution in [3.05, 3.63) is 30.6 Å². The summed E-state index contributed by atoms with van der Waals surface area (Å²) in [4.78, 5) is 21.2. The zero-order chi connectivity index (χ0) is 11.1. The van der Waals surface area contributed by atoms with Crippen molar-refractivity contribution in [1.29, 1.82) is 0 Å². The van der Waals surface area contributed by atoms with Crippen LogP contribution in [0.15, 0.2) is 35.6 Å². The zero-order valence-electron chi connectivity index (χ0n) is 8.50. The number of carbonyl (C=O) groups excluding carboxylic acids is 1. The summed E-state index contributed by atoms with van der Waals surface area (Å²) in [5, 5.41) is 0. The van der Waals surface area contributed by atoms with Gasteiger partial charge in [-0.25, -0.2) is 9.78 Å². The molecule has 1 saturated carbocycles. The van der Waals surface area contributed by atoms with Gasteiger partial charge in [0.15, 0.2) is 5.82 Å². The van der Waals surface area contributed by atoms with Crippen molar-refractivity contribution in [1.82, 2.24) is 4.98 Å². The highest BCUT2D eigenvalue weighted by molar-refractivity contribution is 6.06. The average molecular weight is 214 g/mol. The van der Waals surface area contributed by atoms with Crippen molar-refractivity contribution >= 4 is 23.2 Å². The molecule has 3 rings (SSSR count). The van der Waals surface area contributed by atoms with Gasteiger partial charge in [-0.15, -0.1) is 0 Å². The quantitative estimate of drug-likeness (QED) is 0.712. The number of rotatable bonds is 0. The molecule has 80 valence electrons. The maximum absolute atomic E-state index is 11.3. The van der Waals surface area contributed by atoms with Crippen LogP contribution in [-0.4, -0.2) is 16.7 Å². The van der Waals surface area contributed by atoms with E-state index in [2.05, 4.69) is 9.98 Å². The fourth-order valence-electron chi connectivity index (χ4n) is 1.73. The Kier molecular flexibility index (Phi) is 1.80. The van der Waals surface area contributed by atoms with E-state index in [9.17, 15) is 4.79 Å². The average Bonchev–Trinajstić information content (AvgIpc) is 2.96. The Bertz CT molecular complexity index is 520. The number of primary amides is 1. The molecular formula is C11H10N4O. The standard InChI is InChI=1S/C11H10N4O/c12-11(16)15-5-3-7-6-9(7)14-8-2-1-4-13-10(8)15/h1-5,7H,6H2,(H2,12,16)/b5-3-,14-9-. The van der Waals surface area contributed by atoms with Crippen molar-refractivity contribution in [2.75, 3.05) is 4.90 Å². The molecule has 1 aliphatic heterocycles. The van der Waals surface area contributed by atoms with Gasteiger partial charge in [0, 0.05) is 24.0 Å². The van der Waals surface area contributed by atoms with Crippen LogP contribution < -0.4 is 10.6 Å². The van der Waals surface area contributed by atoms with Crippen molar-refractivity contribution in [2.24, 2.45) is 16.6 Å². The molecule has 5 nitrogen and oxygen atoms in total. The molecular weight excluding hydrogens is 204 g/mol. The van der Waals surface area contributed by atoms with Gasteiger partial charge in [-0.05, 0) is 18.6 Å². The van der Waals surface area contributed by atoms with E-state index in [1.165, 1.54) is 4.90 Å². The summed E-state index contributed by atoms with van der Waals surface area (Å²) < 4.78 is 0. The van der Waals surface area contributed by atoms with Gasteiger partial charge in [0.2, 0.25) is 0 Å². The number of aromatic nitrogens is 1. The Morgan fingerprint density at radius 3 is 3.25 bits per heavy atom. The number of carbonyl (C=O) groups is 1. The molecule has 1 atom stereocenters. The van der Waals surface area contributed by atoms with Crippen molar-refractivity contribution in [3.63, 3.8) is 0 Å². The minimum absolute atomic E-state index is 0.357. The first kappa shape index (κ1) is 9.08. The topological polar surface area (TPSA) is 71.6 Å². The van der Waals surface area contributed by atoms with Crippen LogP contribution in [0.3, 0.4) is 0 Å². The van der Waals surface area contributed by atoms with Crippen molar-refractivity contribution in [2.45, 2.75) is 6.42 Å². The summed E-state index contributed by atoms with van der Waals surface area (Å²) in [5.74, 6) is 0.847. The Hall–Kier alpha value is -2.17. The van der Waals surface area contributed by atoms with E-state index in [0.29, 0.717) is 17.4 Å². The van der Waals surface area contributed by atoms with E-state index in [1.54, 1.807) is 18.5 Å². The number of nitrogens with two attached hydrogens (primary N) is 1. The van der Waals surface area contributed by atoms with Gasteiger partial charge < -0.3 is 5.73 Å². The summed E-state index contributed by atoms with van der Waals surface area (Å²) in [6.07, 6.45) is 6.19. The minimum atomic E-state index is -0.546. The Morgan fingerprint density at radius 2 is 2.44 bits per heavy atom. The molecule has 2 aliphatic rings. The fraction of sp³-hybridized carbons (Fsp3) is 0.182. The smallest absolute Gasteiger partial charge is 0.324 e. The van der Waals surface area contributed by atoms with Gasteiger partial charge in [-0.3, -0.25) is 9.89 Å². The van der Waals surface area contributed by atoms with Gasteiger partial charge in [0.1, 0.15) is 5.69 Å². The van der Waals surface area contributed by atoms with E-state index in [1.807, 2.05) is 12.1 Å². The molecule has 16 heavy (non-hydrogen) atoms. The number of anilines is 1. The van der Waals surface area contributed by atoms with Gasteiger partial charge in [0.05, 0.1) is 0 Å². The second kappa shape index (κ2) is 3.16. The van der Waals surface area contributed by atoms with Crippen LogP contribution in [-0.2, 0) is 0 Å². The van der Waals surface area contributed by atoms with Crippen LogP contribution in [0.4, 0.5) is 16.3 Å². The first-order chi connectivity index (χ1) is 7.75. The monoisotopic (exact) mass is 214 g/mol. The summed E-state index contributed by atoms with van der Waals surface area (Å²) in [6, 6.07) is 3.08. The van der Waals surface area contributed by atoms with E-state index in [0.717, 1.165) is 12.1 Å². The molecule has 1 unspecified atom stereocenters. The molecule has 2 N–H and O–H groups in total. The highest BCUT2D eigenvalue weighted by Crippen LogP contribution is 2.36. The third-order valence-corrected chi connectivity index (χ3v) is 2.66. The molecule has 5 heteroatoms. The first-order valence-electron chi connectivity index (χ1n) is 5.05. The molecule has 1 aromatic heterocycles. The molecule has 1 fully saturated rings. The molecule has 1 aliphatic carbocycles. The number of allylic oxidation sites excluding steroid dienone is 1. The maximum Gasteiger partial charge on any atom is 0.324 e. The Morgan fingerprint density at radius 1 is 1.56 bits per heavy atom. The SMILES string of the molecule is NC(=O)N1/C=C\C2C/C2=N/c2cccnc21. The third-order valence-electron chi connectivity index (χ3n) is 2.66. The molecule has 0 saturated heterocycles. The van der Waals surface area contributed by atoms with Crippen LogP contribution in [0.2, 0.25) is 0 Å². The number of hydrogen-bond acceptors (Lipinski definition) is 3. The zero-order valence-corrected chi connectivity index (χ0v) is 8.50. The van der Waals surface area contributed by atoms with E-state index >= 15 is 0 Å². The molecule has 0 radical (unpaired) electrons. The van der Waals surface area contributed by atoms with Crippen molar-refractivity contribution < 1.29 is 4.79 Å². The van der Waals surface area contributed by atoms with Crippen LogP contribution in [0, 0.1) is 5.92 Å². The van der Waals surface area contributed by atoms with E-state index in [4.69, 9.17) is 5.73 Å². The number of fused-ring (bicyclic) bond motifs is 2. The van der Waals surface area contributed by atoms with Gasteiger partial charge in [-0.1, -0.05) is 6.08 Å². The number of aliphatic imine (C=N–C) groups is 1. The van der Waals surface area contributed by atoms with Gasteiger partial charge in [-0.2, -0.15) is 0 Å². The largest absolute Gasteiger partial charge is 0.351 e. The number of amides is 2. The molecule has 2 amide bonds. The van der Waals surface area contributed by atoms with Crippen LogP contribution in [0.1, 0.15) is 6.42 Å². The van der Waals surface area contributed by atoms with Crippen molar-refractivity contribution in [3.8, 4) is 0 Å². The van der Waals surface area contributed by atoms with Gasteiger partial charge in [0.25, 0.3) is 0 Å². The maximum atomic E-state index is 11.3. The van der Waals surface area contributed by atoms with Crippen LogP contribution in [0.5, 0.6) is 0 Å². The molecule has 0 aromatic carbocycles. The number of nitrogens with zero attached hydrogens (tertiary/aromatic N) is 3. The normalized spacial score (nSPS) is 26.6. The summed E-state index contributed by atoms with van der Waals surface area (Å²) in [6.45, 7) is 0. The fourth-order valence-corrected chi connectivity index (χ4v) is 1.73. The molecule has 0 bridgehead atoms. The Balaban J connectivity index is 2.16. The lowest BCUT2D eigenvalue weighted by Gasteiger charge is -2.17. The van der Waals surface area contributed by atoms with E-state index < -0.39 is 6.03 Å². The first-order valence-corrected chi connectivity index (χ1v) is 5.05. The van der Waals surface area contributed by atoms with Crippen LogP contribution >= 0.6 is 0 Å². The number of urea groups is 1. The molecule has 2 heterocycles. The summed E-state index contributed by atoms with van der Waals surface area (Å²) in [5.41, 5.74) is 7.14. The molecule has 0 spiro atoms. The van der Waals surface area contributed by atoms with E-state index in [-0.39, 0.29) is 0 Å². The lowest BCUT2D eigenvalue weighted by molar-refractivity contribution is 0.255. The highest BCUT2D eigenvalue weighted by Gasteiger charge is 2.32. The summed E-state index contributed by atoms with van der Waals surface area (Å²) in [7, 11) is 0. The lowest BCUT2D eigenvalue weighted by atomic mass is 10.3. The Labute approximate surface area is 92.3 Å². The highest BCUT2D eigenvalue weighted by atomic mass is 16.2. The predicted octanol–water partition coefficient (Wildman–Crippen LogP) is 1.59. The van der Waals surface area contributed by atoms with Crippen LogP contribution in [0.25, 0.3) is 0 Å². The minimum Gasteiger partial charge on any atom is -0.351 e. The second-order valence-electron chi connectivity index (χ2n) is 3.81. The number of hydrogen-bond donors (Lipinski definition) is 1. The van der Waals surface area contributed by atoms with Gasteiger partial charge >= 0.3 is 6.03 Å². The second-order valence-corrected chi connectivity index (χ2v) is 3.81. The predicted molar refractivity (Wildman–Crippen MR) is 60.6 cm³/mol. The lowest BCUT2D eigenvalue weighted by Crippen LogP contribution is -2.31. The molecule has 1 aromatic rings. The summed E-state index contributed by atoms with van der Waals surface area (Å²) >= 11 is 0. The number of pyridine rings is 1.